The number of nitrogens with zero attached hydrogens (tertiary/aromatic N) is 1. The smallest absolute Gasteiger partial charge is 0.299 e. The van der Waals surface area contributed by atoms with E-state index in [0.717, 1.165) is 0 Å². The van der Waals surface area contributed by atoms with Crippen LogP contribution in [0.25, 0.3) is 11.5 Å². The van der Waals surface area contributed by atoms with Crippen molar-refractivity contribution >= 4 is 11.5 Å². The summed E-state index contributed by atoms with van der Waals surface area (Å²) in [5, 5.41) is 27.0. The summed E-state index contributed by atoms with van der Waals surface area (Å²) in [6.07, 6.45) is 1.64. The van der Waals surface area contributed by atoms with E-state index in [4.69, 9.17) is 10.2 Å². The molecule has 2 aromatic heterocycles. The lowest BCUT2D eigenvalue weighted by molar-refractivity contribution is 0.296. The fraction of sp³-hybridized carbons (Fsp3) is 0. The minimum atomic E-state index is -0.795. The van der Waals surface area contributed by atoms with E-state index in [2.05, 4.69) is 0 Å². The van der Waals surface area contributed by atoms with Gasteiger partial charge in [-0.1, -0.05) is 0 Å². The fourth-order valence-electron chi connectivity index (χ4n) is 1.24. The van der Waals surface area contributed by atoms with E-state index in [1.165, 1.54) is 10.5 Å². The van der Waals surface area contributed by atoms with Crippen molar-refractivity contribution in [1.82, 2.24) is 4.40 Å². The van der Waals surface area contributed by atoms with Gasteiger partial charge in [-0.3, -0.25) is 0 Å². The van der Waals surface area contributed by atoms with Gasteiger partial charge >= 0.3 is 0 Å². The molecule has 2 aromatic rings. The summed E-state index contributed by atoms with van der Waals surface area (Å²) >= 11 is 0. The zero-order valence-electron chi connectivity index (χ0n) is 6.10. The fourth-order valence-corrected chi connectivity index (χ4v) is 1.24. The Morgan fingerprint density at radius 2 is 2.08 bits per heavy atom. The molecule has 0 saturated carbocycles. The molecule has 2 heterocycles. The molecule has 0 aliphatic rings. The summed E-state index contributed by atoms with van der Waals surface area (Å²) < 4.78 is 1.49. The van der Waals surface area contributed by atoms with Crippen molar-refractivity contribution in [2.45, 2.75) is 0 Å². The second-order valence-corrected chi connectivity index (χ2v) is 2.50. The molecule has 0 fully saturated rings. The first-order valence-corrected chi connectivity index (χ1v) is 3.41. The minimum Gasteiger partial charge on any atom is -0.506 e. The summed E-state index contributed by atoms with van der Waals surface area (Å²) in [7, 11) is 0. The molecule has 0 bridgehead atoms. The van der Waals surface area contributed by atoms with E-state index >= 15 is 0 Å². The van der Waals surface area contributed by atoms with Crippen LogP contribution in [0, 0.1) is 0 Å². The van der Waals surface area contributed by atoms with Crippen molar-refractivity contribution in [2.24, 2.45) is 0 Å². The van der Waals surface area contributed by atoms with Crippen LogP contribution in [0.5, 0.6) is 5.75 Å². The molecule has 0 aliphatic carbocycles. The van der Waals surface area contributed by atoms with Crippen LogP contribution in [0.4, 0.5) is 0 Å². The first kappa shape index (κ1) is 6.84. The number of aliphatic hydroxyl groups excluding tert-OH is 1. The number of hydrogen-bond acceptors (Lipinski definition) is 3. The Morgan fingerprint density at radius 1 is 1.33 bits per heavy atom. The highest BCUT2D eigenvalue weighted by Gasteiger charge is 2.05. The average Bonchev–Trinajstić information content (AvgIpc) is 2.53. The lowest BCUT2D eigenvalue weighted by Crippen LogP contribution is -2.10. The number of aromatic nitrogens is 1. The van der Waals surface area contributed by atoms with Gasteiger partial charge in [-0.25, -0.2) is 0 Å². The van der Waals surface area contributed by atoms with E-state index in [0.29, 0.717) is 5.52 Å². The van der Waals surface area contributed by atoms with Crippen LogP contribution in [-0.2, 0) is 0 Å². The Labute approximate surface area is 67.6 Å². The number of hydrogen-bond donors (Lipinski definition) is 3. The van der Waals surface area contributed by atoms with E-state index < -0.39 is 5.95 Å². The monoisotopic (exact) mass is 165 g/mol. The van der Waals surface area contributed by atoms with E-state index in [-0.39, 0.29) is 11.1 Å². The maximum atomic E-state index is 9.27. The van der Waals surface area contributed by atoms with Gasteiger partial charge in [-0.15, -0.1) is 0 Å². The molecule has 0 amide bonds. The third-order valence-corrected chi connectivity index (χ3v) is 1.77. The van der Waals surface area contributed by atoms with Crippen molar-refractivity contribution in [1.29, 1.82) is 0 Å². The first-order chi connectivity index (χ1) is 5.70. The van der Waals surface area contributed by atoms with Crippen LogP contribution in [-0.4, -0.2) is 19.7 Å². The zero-order chi connectivity index (χ0) is 8.72. The van der Waals surface area contributed by atoms with Crippen LogP contribution >= 0.6 is 0 Å². The molecule has 0 spiro atoms. The standard InChI is InChI=1S/C8H7NO3/c10-7-4-6(8(11)12)9-3-1-2-5(7)9/h1-4,10-12H. The summed E-state index contributed by atoms with van der Waals surface area (Å²) in [5.41, 5.74) is 0.561. The van der Waals surface area contributed by atoms with Crippen LogP contribution in [0.15, 0.2) is 24.4 Å². The van der Waals surface area contributed by atoms with Gasteiger partial charge in [0.2, 0.25) is 0 Å². The van der Waals surface area contributed by atoms with Crippen LogP contribution in [0.3, 0.4) is 0 Å². The third kappa shape index (κ3) is 0.717. The Bertz CT molecular complexity index is 468. The van der Waals surface area contributed by atoms with Gasteiger partial charge in [0.05, 0.1) is 5.52 Å². The van der Waals surface area contributed by atoms with Crippen molar-refractivity contribution in [2.75, 3.05) is 0 Å². The maximum absolute atomic E-state index is 9.27. The van der Waals surface area contributed by atoms with Gasteiger partial charge in [0, 0.05) is 12.3 Å². The molecule has 0 aliphatic heterocycles. The van der Waals surface area contributed by atoms with E-state index in [1.54, 1.807) is 18.3 Å². The Balaban J connectivity index is 3.04. The molecule has 0 saturated heterocycles. The highest BCUT2D eigenvalue weighted by atomic mass is 16.5. The number of aliphatic hydroxyl groups is 2. The van der Waals surface area contributed by atoms with Crippen molar-refractivity contribution in [3.8, 4) is 5.75 Å². The predicted molar refractivity (Wildman–Crippen MR) is 42.9 cm³/mol. The molecule has 0 aromatic carbocycles. The van der Waals surface area contributed by atoms with Crippen LogP contribution in [0.1, 0.15) is 0 Å². The molecule has 2 rings (SSSR count). The quantitative estimate of drug-likeness (QED) is 0.534. The van der Waals surface area contributed by atoms with Gasteiger partial charge < -0.3 is 19.7 Å². The molecule has 4 nitrogen and oxygen atoms in total. The highest BCUT2D eigenvalue weighted by molar-refractivity contribution is 5.61. The van der Waals surface area contributed by atoms with Crippen molar-refractivity contribution in [3.63, 3.8) is 0 Å². The van der Waals surface area contributed by atoms with Crippen LogP contribution in [0.2, 0.25) is 0 Å². The lowest BCUT2D eigenvalue weighted by Gasteiger charge is -1.86. The van der Waals surface area contributed by atoms with Gasteiger partial charge in [0.15, 0.2) is 0 Å². The molecule has 62 valence electrons. The second-order valence-electron chi connectivity index (χ2n) is 2.50. The molecule has 4 heteroatoms. The summed E-state index contributed by atoms with van der Waals surface area (Å²) in [6.45, 7) is 0. The van der Waals surface area contributed by atoms with Crippen molar-refractivity contribution < 1.29 is 15.3 Å². The second kappa shape index (κ2) is 2.07. The third-order valence-electron chi connectivity index (χ3n) is 1.77. The number of rotatable bonds is 0. The van der Waals surface area contributed by atoms with Gasteiger partial charge in [-0.2, -0.15) is 0 Å². The normalized spacial score (nSPS) is 10.7. The molecule has 12 heavy (non-hydrogen) atoms. The summed E-state index contributed by atoms with van der Waals surface area (Å²) in [4.78, 5) is 0. The van der Waals surface area contributed by atoms with E-state index in [9.17, 15) is 5.11 Å². The first-order valence-electron chi connectivity index (χ1n) is 3.41. The average molecular weight is 165 g/mol. The molecule has 0 radical (unpaired) electrons. The number of fused-ring (bicyclic) bond motifs is 1. The molecule has 3 N–H and O–H groups in total. The van der Waals surface area contributed by atoms with Crippen molar-refractivity contribution in [3.05, 3.63) is 29.7 Å². The van der Waals surface area contributed by atoms with E-state index in [1.807, 2.05) is 0 Å². The Morgan fingerprint density at radius 3 is 2.75 bits per heavy atom. The largest absolute Gasteiger partial charge is 0.506 e. The topological polar surface area (TPSA) is 65.1 Å². The number of aromatic hydroxyl groups is 1. The Kier molecular flexibility index (Phi) is 1.18. The Hall–Kier alpha value is -1.84. The molecule has 0 unspecified atom stereocenters. The SMILES string of the molecule is OC(O)=c1cc(O)c2cccn12. The summed E-state index contributed by atoms with van der Waals surface area (Å²) in [5.74, 6) is -0.757. The van der Waals surface area contributed by atoms with Crippen LogP contribution < -0.4 is 5.35 Å². The minimum absolute atomic E-state index is 0.0376. The molecule has 0 atom stereocenters. The predicted octanol–water partition coefficient (Wildman–Crippen LogP) is 0.545. The zero-order valence-corrected chi connectivity index (χ0v) is 6.10. The van der Waals surface area contributed by atoms with Gasteiger partial charge in [0.25, 0.3) is 5.95 Å². The lowest BCUT2D eigenvalue weighted by atomic mass is 10.4. The molecular weight excluding hydrogens is 158 g/mol. The summed E-state index contributed by atoms with van der Waals surface area (Å²) in [6, 6.07) is 4.69. The molecular formula is C8H7NO3. The van der Waals surface area contributed by atoms with Gasteiger partial charge in [-0.05, 0) is 12.1 Å². The maximum Gasteiger partial charge on any atom is 0.299 e. The van der Waals surface area contributed by atoms with Gasteiger partial charge in [0.1, 0.15) is 11.1 Å². The highest BCUT2D eigenvalue weighted by Crippen LogP contribution is 2.16.